The molecule has 1 unspecified atom stereocenters. The average Bonchev–Trinajstić information content (AvgIpc) is 2.96. The summed E-state index contributed by atoms with van der Waals surface area (Å²) in [7, 11) is 0. The molecule has 0 radical (unpaired) electrons. The van der Waals surface area contributed by atoms with Crippen LogP contribution in [-0.4, -0.2) is 57.9 Å². The summed E-state index contributed by atoms with van der Waals surface area (Å²) in [6.45, 7) is 2.98. The van der Waals surface area contributed by atoms with Gasteiger partial charge in [-0.05, 0) is 24.6 Å². The second-order valence-electron chi connectivity index (χ2n) is 7.10. The van der Waals surface area contributed by atoms with Crippen LogP contribution in [0.3, 0.4) is 0 Å². The maximum Gasteiger partial charge on any atom is 0.324 e. The largest absolute Gasteiger partial charge is 0.334 e. The van der Waals surface area contributed by atoms with E-state index in [1.165, 1.54) is 20.4 Å². The zero-order valence-electron chi connectivity index (χ0n) is 15.4. The van der Waals surface area contributed by atoms with Crippen LogP contribution in [0.2, 0.25) is 0 Å². The van der Waals surface area contributed by atoms with Crippen LogP contribution in [0.4, 0.5) is 4.79 Å². The molecule has 4 rings (SSSR count). The number of benzene rings is 1. The molecule has 0 saturated carbocycles. The van der Waals surface area contributed by atoms with Crippen LogP contribution in [0.15, 0.2) is 47.4 Å². The normalized spacial score (nSPS) is 18.8. The lowest BCUT2D eigenvalue weighted by atomic mass is 10.1. The van der Waals surface area contributed by atoms with Crippen molar-refractivity contribution in [2.75, 3.05) is 19.6 Å². The van der Waals surface area contributed by atoms with Gasteiger partial charge >= 0.3 is 6.03 Å². The number of imide groups is 1. The quantitative estimate of drug-likeness (QED) is 0.789. The summed E-state index contributed by atoms with van der Waals surface area (Å²) in [6, 6.07) is 9.90. The van der Waals surface area contributed by atoms with E-state index in [1.807, 2.05) is 31.2 Å². The summed E-state index contributed by atoms with van der Waals surface area (Å²) in [5, 5.41) is 2.25. The number of carbonyl (C=O) groups excluding carboxylic acids is 3. The van der Waals surface area contributed by atoms with Crippen LogP contribution in [0.1, 0.15) is 21.5 Å². The van der Waals surface area contributed by atoms with Gasteiger partial charge in [-0.2, -0.15) is 0 Å². The molecule has 1 atom stereocenters. The van der Waals surface area contributed by atoms with E-state index in [0.29, 0.717) is 6.54 Å². The van der Waals surface area contributed by atoms with Crippen molar-refractivity contribution in [3.8, 4) is 0 Å². The van der Waals surface area contributed by atoms with Crippen molar-refractivity contribution in [3.05, 3.63) is 69.6 Å². The van der Waals surface area contributed by atoms with E-state index in [1.54, 1.807) is 12.3 Å². The Balaban J connectivity index is 1.56. The van der Waals surface area contributed by atoms with E-state index < -0.39 is 23.9 Å². The van der Waals surface area contributed by atoms with Gasteiger partial charge < -0.3 is 14.4 Å². The molecule has 2 saturated heterocycles. The second kappa shape index (κ2) is 6.95. The van der Waals surface area contributed by atoms with Gasteiger partial charge in [-0.25, -0.2) is 4.79 Å². The highest BCUT2D eigenvalue weighted by atomic mass is 16.2. The smallest absolute Gasteiger partial charge is 0.324 e. The molecule has 1 aromatic heterocycles. The number of fused-ring (bicyclic) bond motifs is 1. The molecule has 0 spiro atoms. The van der Waals surface area contributed by atoms with E-state index in [9.17, 15) is 19.2 Å². The molecule has 4 amide bonds. The number of carbonyl (C=O) groups is 3. The van der Waals surface area contributed by atoms with Crippen molar-refractivity contribution >= 4 is 17.8 Å². The number of aryl methyl sites for hydroxylation is 1. The zero-order chi connectivity index (χ0) is 19.8. The molecule has 0 aliphatic carbocycles. The fraction of sp³-hybridized carbons (Fsp3) is 0.300. The summed E-state index contributed by atoms with van der Waals surface area (Å²) in [5.41, 5.74) is 1.76. The number of hydrogen-bond donors (Lipinski definition) is 1. The standard InChI is InChI=1S/C20H20N4O4/c1-13-4-2-5-14(10-13)11-22-7-3-6-15(18(22)26)19(27)23-8-9-24-16(12-23)17(25)21-20(24)28/h2-7,10,16H,8-9,11-12H2,1H3,(H,21,25,28). The number of aromatic nitrogens is 1. The van der Waals surface area contributed by atoms with Gasteiger partial charge in [-0.1, -0.05) is 29.8 Å². The predicted octanol–water partition coefficient (Wildman–Crippen LogP) is 0.581. The highest BCUT2D eigenvalue weighted by Gasteiger charge is 2.43. The maximum atomic E-state index is 12.9. The van der Waals surface area contributed by atoms with Gasteiger partial charge in [0, 0.05) is 19.3 Å². The monoisotopic (exact) mass is 380 g/mol. The minimum Gasteiger partial charge on any atom is -0.334 e. The average molecular weight is 380 g/mol. The molecule has 2 aliphatic heterocycles. The Morgan fingerprint density at radius 2 is 1.96 bits per heavy atom. The molecule has 144 valence electrons. The van der Waals surface area contributed by atoms with Crippen LogP contribution in [0, 0.1) is 6.92 Å². The van der Waals surface area contributed by atoms with Gasteiger partial charge in [-0.15, -0.1) is 0 Å². The molecule has 2 aromatic rings. The Bertz CT molecular complexity index is 1030. The van der Waals surface area contributed by atoms with Crippen molar-refractivity contribution < 1.29 is 14.4 Å². The van der Waals surface area contributed by atoms with Crippen molar-refractivity contribution in [3.63, 3.8) is 0 Å². The van der Waals surface area contributed by atoms with Crippen molar-refractivity contribution in [1.82, 2.24) is 19.7 Å². The number of hydrogen-bond acceptors (Lipinski definition) is 4. The first kappa shape index (κ1) is 18.0. The van der Waals surface area contributed by atoms with Gasteiger partial charge in [0.05, 0.1) is 13.1 Å². The first-order valence-electron chi connectivity index (χ1n) is 9.10. The number of rotatable bonds is 3. The van der Waals surface area contributed by atoms with Gasteiger partial charge in [-0.3, -0.25) is 19.7 Å². The minimum atomic E-state index is -0.691. The Morgan fingerprint density at radius 1 is 1.14 bits per heavy atom. The van der Waals surface area contributed by atoms with Gasteiger partial charge in [0.15, 0.2) is 0 Å². The summed E-state index contributed by atoms with van der Waals surface area (Å²) < 4.78 is 1.50. The summed E-state index contributed by atoms with van der Waals surface area (Å²) in [4.78, 5) is 52.3. The molecule has 2 aliphatic rings. The SMILES string of the molecule is Cc1cccc(Cn2cccc(C(=O)N3CCN4C(=O)NC(=O)C4C3)c2=O)c1. The van der Waals surface area contributed by atoms with Crippen LogP contribution >= 0.6 is 0 Å². The van der Waals surface area contributed by atoms with E-state index >= 15 is 0 Å². The number of nitrogens with one attached hydrogen (secondary N) is 1. The van der Waals surface area contributed by atoms with E-state index in [-0.39, 0.29) is 30.8 Å². The second-order valence-corrected chi connectivity index (χ2v) is 7.10. The highest BCUT2D eigenvalue weighted by molar-refractivity contribution is 6.05. The highest BCUT2D eigenvalue weighted by Crippen LogP contribution is 2.16. The van der Waals surface area contributed by atoms with Crippen molar-refractivity contribution in [2.45, 2.75) is 19.5 Å². The Labute approximate surface area is 161 Å². The van der Waals surface area contributed by atoms with Crippen LogP contribution in [-0.2, 0) is 11.3 Å². The molecule has 1 aromatic carbocycles. The third kappa shape index (κ3) is 3.17. The molecule has 8 nitrogen and oxygen atoms in total. The van der Waals surface area contributed by atoms with Gasteiger partial charge in [0.2, 0.25) is 0 Å². The lowest BCUT2D eigenvalue weighted by Crippen LogP contribution is -2.55. The number of piperazine rings is 1. The molecular weight excluding hydrogens is 360 g/mol. The lowest BCUT2D eigenvalue weighted by molar-refractivity contribution is -0.122. The number of pyridine rings is 1. The Hall–Kier alpha value is -3.42. The fourth-order valence-corrected chi connectivity index (χ4v) is 3.70. The summed E-state index contributed by atoms with van der Waals surface area (Å²) in [6.07, 6.45) is 1.66. The minimum absolute atomic E-state index is 0.0633. The molecule has 2 fully saturated rings. The topological polar surface area (TPSA) is 91.7 Å². The number of amides is 4. The van der Waals surface area contributed by atoms with E-state index in [2.05, 4.69) is 5.32 Å². The predicted molar refractivity (Wildman–Crippen MR) is 101 cm³/mol. The molecule has 8 heteroatoms. The third-order valence-corrected chi connectivity index (χ3v) is 5.15. The molecule has 28 heavy (non-hydrogen) atoms. The van der Waals surface area contributed by atoms with Gasteiger partial charge in [0.25, 0.3) is 17.4 Å². The fourth-order valence-electron chi connectivity index (χ4n) is 3.70. The first-order valence-corrected chi connectivity index (χ1v) is 9.10. The molecule has 0 bridgehead atoms. The maximum absolute atomic E-state index is 12.9. The summed E-state index contributed by atoms with van der Waals surface area (Å²) in [5.74, 6) is -0.831. The molecule has 3 heterocycles. The Morgan fingerprint density at radius 3 is 2.75 bits per heavy atom. The van der Waals surface area contributed by atoms with Crippen molar-refractivity contribution in [1.29, 1.82) is 0 Å². The zero-order valence-corrected chi connectivity index (χ0v) is 15.4. The molecular formula is C20H20N4O4. The third-order valence-electron chi connectivity index (χ3n) is 5.15. The lowest BCUT2D eigenvalue weighted by Gasteiger charge is -2.35. The van der Waals surface area contributed by atoms with Gasteiger partial charge in [0.1, 0.15) is 11.6 Å². The number of nitrogens with zero attached hydrogens (tertiary/aromatic N) is 3. The first-order chi connectivity index (χ1) is 13.4. The van der Waals surface area contributed by atoms with Crippen LogP contribution < -0.4 is 10.9 Å². The van der Waals surface area contributed by atoms with E-state index in [4.69, 9.17) is 0 Å². The molecule has 1 N–H and O–H groups in total. The van der Waals surface area contributed by atoms with Crippen LogP contribution in [0.25, 0.3) is 0 Å². The van der Waals surface area contributed by atoms with E-state index in [0.717, 1.165) is 11.1 Å². The van der Waals surface area contributed by atoms with Crippen molar-refractivity contribution in [2.24, 2.45) is 0 Å². The Kier molecular flexibility index (Phi) is 4.46. The van der Waals surface area contributed by atoms with Crippen LogP contribution in [0.5, 0.6) is 0 Å². The summed E-state index contributed by atoms with van der Waals surface area (Å²) >= 11 is 0. The number of urea groups is 1.